The number of aliphatic hydroxyl groups excluding tert-OH is 2. The monoisotopic (exact) mass is 315 g/mol. The highest BCUT2D eigenvalue weighted by Crippen LogP contribution is 2.28. The summed E-state index contributed by atoms with van der Waals surface area (Å²) in [6.07, 6.45) is -0.421. The van der Waals surface area contributed by atoms with E-state index in [9.17, 15) is 19.4 Å². The molecule has 1 aromatic rings. The normalized spacial score (nSPS) is 28.0. The van der Waals surface area contributed by atoms with Crippen molar-refractivity contribution < 1.29 is 19.3 Å². The Bertz CT molecular complexity index is 539. The molecule has 22 heavy (non-hydrogen) atoms. The van der Waals surface area contributed by atoms with Crippen molar-refractivity contribution in [2.75, 3.05) is 18.5 Å². The predicted octanol–water partition coefficient (Wildman–Crippen LogP) is 0.434. The molecule has 1 saturated heterocycles. The molecule has 0 aromatic carbocycles. The average molecular weight is 315 g/mol. The van der Waals surface area contributed by atoms with Crippen LogP contribution in [0.5, 0.6) is 0 Å². The standard InChI is InChI=1S/C14H22FN3O4/c1-2-3-4-6-16-10-5-7-18(14(21)17-10)13-12(20)11(19)9(8-15)22-13/h5,7,9,11-13,19-20H,2-4,6,8H2,1H3,(H,16,17,21)/t9-,11-,12-,13-/m1/s1. The van der Waals surface area contributed by atoms with Gasteiger partial charge in [0.2, 0.25) is 0 Å². The fourth-order valence-corrected chi connectivity index (χ4v) is 2.38. The molecular weight excluding hydrogens is 293 g/mol. The minimum atomic E-state index is -1.37. The summed E-state index contributed by atoms with van der Waals surface area (Å²) in [4.78, 5) is 15.9. The number of nitrogens with zero attached hydrogens (tertiary/aromatic N) is 2. The molecule has 0 unspecified atom stereocenters. The van der Waals surface area contributed by atoms with Crippen molar-refractivity contribution in [1.29, 1.82) is 0 Å². The zero-order chi connectivity index (χ0) is 16.1. The molecule has 1 fully saturated rings. The maximum Gasteiger partial charge on any atom is 0.351 e. The van der Waals surface area contributed by atoms with E-state index in [4.69, 9.17) is 4.74 Å². The van der Waals surface area contributed by atoms with Crippen molar-refractivity contribution in [3.63, 3.8) is 0 Å². The van der Waals surface area contributed by atoms with Crippen LogP contribution < -0.4 is 11.0 Å². The molecule has 0 spiro atoms. The summed E-state index contributed by atoms with van der Waals surface area (Å²) in [6.45, 7) is 1.88. The smallest absolute Gasteiger partial charge is 0.351 e. The second-order valence-electron chi connectivity index (χ2n) is 5.34. The summed E-state index contributed by atoms with van der Waals surface area (Å²) < 4.78 is 18.9. The fraction of sp³-hybridized carbons (Fsp3) is 0.714. The molecule has 7 nitrogen and oxygen atoms in total. The molecular formula is C14H22FN3O4. The summed E-state index contributed by atoms with van der Waals surface area (Å²) in [6, 6.07) is 1.58. The molecule has 0 radical (unpaired) electrons. The Morgan fingerprint density at radius 3 is 2.77 bits per heavy atom. The topological polar surface area (TPSA) is 96.6 Å². The Morgan fingerprint density at radius 2 is 2.18 bits per heavy atom. The maximum atomic E-state index is 12.7. The lowest BCUT2D eigenvalue weighted by atomic mass is 10.1. The van der Waals surface area contributed by atoms with Crippen LogP contribution in [-0.2, 0) is 4.74 Å². The van der Waals surface area contributed by atoms with E-state index in [-0.39, 0.29) is 0 Å². The van der Waals surface area contributed by atoms with E-state index >= 15 is 0 Å². The second-order valence-corrected chi connectivity index (χ2v) is 5.34. The van der Waals surface area contributed by atoms with Crippen molar-refractivity contribution in [1.82, 2.24) is 9.55 Å². The number of halogens is 1. The van der Waals surface area contributed by atoms with Crippen LogP contribution in [-0.4, -0.2) is 51.3 Å². The van der Waals surface area contributed by atoms with Gasteiger partial charge >= 0.3 is 5.69 Å². The Morgan fingerprint density at radius 1 is 1.41 bits per heavy atom. The predicted molar refractivity (Wildman–Crippen MR) is 78.4 cm³/mol. The van der Waals surface area contributed by atoms with Crippen LogP contribution >= 0.6 is 0 Å². The number of nitrogens with one attached hydrogen (secondary N) is 1. The first-order valence-corrected chi connectivity index (χ1v) is 7.49. The summed E-state index contributed by atoms with van der Waals surface area (Å²) in [5, 5.41) is 22.5. The summed E-state index contributed by atoms with van der Waals surface area (Å²) in [5.74, 6) is 0.437. The van der Waals surface area contributed by atoms with Crippen molar-refractivity contribution in [2.45, 2.75) is 50.7 Å². The number of alkyl halides is 1. The van der Waals surface area contributed by atoms with Crippen molar-refractivity contribution in [3.8, 4) is 0 Å². The van der Waals surface area contributed by atoms with E-state index in [0.29, 0.717) is 5.82 Å². The molecule has 1 aromatic heterocycles. The zero-order valence-electron chi connectivity index (χ0n) is 12.5. The molecule has 0 aliphatic carbocycles. The van der Waals surface area contributed by atoms with Gasteiger partial charge in [-0.15, -0.1) is 0 Å². The Hall–Kier alpha value is -1.51. The van der Waals surface area contributed by atoms with Gasteiger partial charge in [0.15, 0.2) is 6.23 Å². The number of unbranched alkanes of at least 4 members (excludes halogenated alkanes) is 2. The van der Waals surface area contributed by atoms with Gasteiger partial charge in [-0.1, -0.05) is 19.8 Å². The van der Waals surface area contributed by atoms with E-state index in [1.54, 1.807) is 6.07 Å². The van der Waals surface area contributed by atoms with Crippen LogP contribution in [0, 0.1) is 0 Å². The summed E-state index contributed by atoms with van der Waals surface area (Å²) in [7, 11) is 0. The van der Waals surface area contributed by atoms with Crippen LogP contribution in [0.2, 0.25) is 0 Å². The van der Waals surface area contributed by atoms with E-state index in [1.165, 1.54) is 6.20 Å². The number of anilines is 1. The van der Waals surface area contributed by atoms with Crippen LogP contribution in [0.1, 0.15) is 32.4 Å². The number of aromatic nitrogens is 2. The van der Waals surface area contributed by atoms with E-state index in [1.807, 2.05) is 0 Å². The molecule has 1 aliphatic rings. The summed E-state index contributed by atoms with van der Waals surface area (Å²) >= 11 is 0. The SMILES string of the molecule is CCCCCNc1ccn([C@@H]2O[C@H](CF)[C@@H](O)[C@H]2O)c(=O)n1. The van der Waals surface area contributed by atoms with Crippen LogP contribution in [0.4, 0.5) is 10.2 Å². The molecule has 4 atom stereocenters. The van der Waals surface area contributed by atoms with E-state index in [0.717, 1.165) is 30.4 Å². The van der Waals surface area contributed by atoms with Gasteiger partial charge in [0.25, 0.3) is 0 Å². The highest BCUT2D eigenvalue weighted by Gasteiger charge is 2.44. The molecule has 8 heteroatoms. The van der Waals surface area contributed by atoms with Crippen molar-refractivity contribution in [3.05, 3.63) is 22.7 Å². The molecule has 124 valence electrons. The highest BCUT2D eigenvalue weighted by atomic mass is 19.1. The molecule has 0 bridgehead atoms. The third-order valence-corrected chi connectivity index (χ3v) is 3.68. The Labute approximate surface area is 127 Å². The number of hydrogen-bond donors (Lipinski definition) is 3. The average Bonchev–Trinajstić information content (AvgIpc) is 2.80. The van der Waals surface area contributed by atoms with Gasteiger partial charge in [-0.25, -0.2) is 9.18 Å². The number of ether oxygens (including phenoxy) is 1. The first kappa shape index (κ1) is 16.9. The number of aliphatic hydroxyl groups is 2. The van der Waals surface area contributed by atoms with E-state index in [2.05, 4.69) is 17.2 Å². The largest absolute Gasteiger partial charge is 0.387 e. The van der Waals surface area contributed by atoms with Crippen LogP contribution in [0.3, 0.4) is 0 Å². The highest BCUT2D eigenvalue weighted by molar-refractivity contribution is 5.31. The zero-order valence-corrected chi connectivity index (χ0v) is 12.5. The van der Waals surface area contributed by atoms with Gasteiger partial charge < -0.3 is 20.3 Å². The van der Waals surface area contributed by atoms with Gasteiger partial charge in [-0.3, -0.25) is 4.57 Å². The van der Waals surface area contributed by atoms with Crippen LogP contribution in [0.15, 0.2) is 17.1 Å². The lowest BCUT2D eigenvalue weighted by Crippen LogP contribution is -2.35. The molecule has 3 N–H and O–H groups in total. The molecule has 2 rings (SSSR count). The first-order valence-electron chi connectivity index (χ1n) is 7.49. The molecule has 2 heterocycles. The maximum absolute atomic E-state index is 12.7. The van der Waals surface area contributed by atoms with Crippen LogP contribution in [0.25, 0.3) is 0 Å². The fourth-order valence-electron chi connectivity index (χ4n) is 2.38. The number of rotatable bonds is 7. The Kier molecular flexibility index (Phi) is 5.87. The van der Waals surface area contributed by atoms with Gasteiger partial charge in [-0.2, -0.15) is 4.98 Å². The molecule has 0 saturated carbocycles. The third kappa shape index (κ3) is 3.63. The van der Waals surface area contributed by atoms with Gasteiger partial charge in [-0.05, 0) is 12.5 Å². The van der Waals surface area contributed by atoms with Gasteiger partial charge in [0.05, 0.1) is 0 Å². The first-order chi connectivity index (χ1) is 10.6. The van der Waals surface area contributed by atoms with Crippen molar-refractivity contribution in [2.24, 2.45) is 0 Å². The number of hydrogen-bond acceptors (Lipinski definition) is 6. The lowest BCUT2D eigenvalue weighted by Gasteiger charge is -2.17. The minimum absolute atomic E-state index is 0.437. The quantitative estimate of drug-likeness (QED) is 0.632. The summed E-state index contributed by atoms with van der Waals surface area (Å²) in [5.41, 5.74) is -0.628. The molecule has 0 amide bonds. The second kappa shape index (κ2) is 7.66. The lowest BCUT2D eigenvalue weighted by molar-refractivity contribution is -0.0453. The molecule has 1 aliphatic heterocycles. The van der Waals surface area contributed by atoms with Gasteiger partial charge in [0.1, 0.15) is 30.8 Å². The third-order valence-electron chi connectivity index (χ3n) is 3.68. The van der Waals surface area contributed by atoms with E-state index < -0.39 is 36.9 Å². The van der Waals surface area contributed by atoms with Crippen molar-refractivity contribution >= 4 is 5.82 Å². The van der Waals surface area contributed by atoms with Gasteiger partial charge in [0, 0.05) is 12.7 Å². The minimum Gasteiger partial charge on any atom is -0.387 e. The Balaban J connectivity index is 2.05.